The molecule has 78 valence electrons. The number of pyridine rings is 1. The average molecular weight is 232 g/mol. The Labute approximate surface area is 95.4 Å². The van der Waals surface area contributed by atoms with Gasteiger partial charge in [0.1, 0.15) is 0 Å². The van der Waals surface area contributed by atoms with Gasteiger partial charge >= 0.3 is 0 Å². The van der Waals surface area contributed by atoms with E-state index in [9.17, 15) is 0 Å². The summed E-state index contributed by atoms with van der Waals surface area (Å²) in [5, 5.41) is 0.749. The largest absolute Gasteiger partial charge is 0.263 e. The fraction of sp³-hybridized carbons (Fsp3) is 0.545. The van der Waals surface area contributed by atoms with Crippen molar-refractivity contribution in [3.05, 3.63) is 29.0 Å². The molecule has 0 amide bonds. The molecule has 3 heteroatoms. The second kappa shape index (κ2) is 6.26. The Morgan fingerprint density at radius 2 is 2.29 bits per heavy atom. The van der Waals surface area contributed by atoms with Gasteiger partial charge in [-0.3, -0.25) is 4.98 Å². The van der Waals surface area contributed by atoms with Crippen molar-refractivity contribution in [2.24, 2.45) is 5.92 Å². The zero-order valence-corrected chi connectivity index (χ0v) is 9.85. The molecule has 1 aromatic rings. The van der Waals surface area contributed by atoms with Gasteiger partial charge < -0.3 is 0 Å². The Hall–Kier alpha value is -0.270. The summed E-state index contributed by atoms with van der Waals surface area (Å²) in [5.41, 5.74) is 1.15. The number of rotatable bonds is 5. The van der Waals surface area contributed by atoms with Crippen LogP contribution in [0, 0.1) is 5.92 Å². The van der Waals surface area contributed by atoms with Gasteiger partial charge in [0.25, 0.3) is 0 Å². The van der Waals surface area contributed by atoms with Gasteiger partial charge in [-0.2, -0.15) is 0 Å². The summed E-state index contributed by atoms with van der Waals surface area (Å²) >= 11 is 11.9. The summed E-state index contributed by atoms with van der Waals surface area (Å²) in [6, 6.07) is 1.97. The lowest BCUT2D eigenvalue weighted by Gasteiger charge is -2.13. The number of hydrogen-bond donors (Lipinski definition) is 0. The first-order chi connectivity index (χ1) is 6.77. The Morgan fingerprint density at radius 1 is 1.50 bits per heavy atom. The van der Waals surface area contributed by atoms with Crippen molar-refractivity contribution >= 4 is 23.2 Å². The standard InChI is InChI=1S/C11H15Cl2N/c1-2-3-9(7-12)6-10-4-5-14-8-11(10)13/h4-5,8-9H,2-3,6-7H2,1H3. The predicted octanol–water partition coefficient (Wildman–Crippen LogP) is 3.93. The molecular weight excluding hydrogens is 217 g/mol. The van der Waals surface area contributed by atoms with Crippen LogP contribution in [0.5, 0.6) is 0 Å². The molecule has 1 rings (SSSR count). The summed E-state index contributed by atoms with van der Waals surface area (Å²) in [4.78, 5) is 3.96. The highest BCUT2D eigenvalue weighted by Crippen LogP contribution is 2.21. The molecule has 0 aliphatic heterocycles. The lowest BCUT2D eigenvalue weighted by molar-refractivity contribution is 0.528. The number of aromatic nitrogens is 1. The number of nitrogens with zero attached hydrogens (tertiary/aromatic N) is 1. The fourth-order valence-electron chi connectivity index (χ4n) is 1.52. The van der Waals surface area contributed by atoms with Gasteiger partial charge in [-0.15, -0.1) is 11.6 Å². The molecule has 14 heavy (non-hydrogen) atoms. The molecule has 1 heterocycles. The zero-order valence-electron chi connectivity index (χ0n) is 8.34. The monoisotopic (exact) mass is 231 g/mol. The van der Waals surface area contributed by atoms with Crippen LogP contribution < -0.4 is 0 Å². The van der Waals surface area contributed by atoms with E-state index in [2.05, 4.69) is 11.9 Å². The van der Waals surface area contributed by atoms with E-state index in [0.29, 0.717) is 11.8 Å². The van der Waals surface area contributed by atoms with Crippen LogP contribution in [0.25, 0.3) is 0 Å². The summed E-state index contributed by atoms with van der Waals surface area (Å²) in [7, 11) is 0. The minimum absolute atomic E-state index is 0.529. The van der Waals surface area contributed by atoms with E-state index in [-0.39, 0.29) is 0 Å². The predicted molar refractivity (Wildman–Crippen MR) is 62.1 cm³/mol. The van der Waals surface area contributed by atoms with Gasteiger partial charge in [-0.05, 0) is 30.4 Å². The molecule has 0 saturated carbocycles. The highest BCUT2D eigenvalue weighted by molar-refractivity contribution is 6.31. The quantitative estimate of drug-likeness (QED) is 0.701. The van der Waals surface area contributed by atoms with Crippen LogP contribution in [0.3, 0.4) is 0 Å². The van der Waals surface area contributed by atoms with Crippen molar-refractivity contribution in [3.8, 4) is 0 Å². The molecule has 0 fully saturated rings. The maximum Gasteiger partial charge on any atom is 0.0621 e. The van der Waals surface area contributed by atoms with Crippen LogP contribution in [0.1, 0.15) is 25.3 Å². The molecule has 0 aliphatic carbocycles. The van der Waals surface area contributed by atoms with Crippen LogP contribution in [0.15, 0.2) is 18.5 Å². The smallest absolute Gasteiger partial charge is 0.0621 e. The maximum atomic E-state index is 6.02. The third-order valence-corrected chi connectivity index (χ3v) is 3.06. The van der Waals surface area contributed by atoms with E-state index >= 15 is 0 Å². The molecule has 0 radical (unpaired) electrons. The SMILES string of the molecule is CCCC(CCl)Cc1ccncc1Cl. The van der Waals surface area contributed by atoms with Crippen LogP contribution in [-0.2, 0) is 6.42 Å². The van der Waals surface area contributed by atoms with E-state index in [4.69, 9.17) is 23.2 Å². The minimum atomic E-state index is 0.529. The molecule has 1 aromatic heterocycles. The van der Waals surface area contributed by atoms with Crippen molar-refractivity contribution in [1.29, 1.82) is 0 Å². The second-order valence-electron chi connectivity index (χ2n) is 3.48. The van der Waals surface area contributed by atoms with Crippen LogP contribution in [0.2, 0.25) is 5.02 Å². The fourth-order valence-corrected chi connectivity index (χ4v) is 1.98. The molecule has 1 nitrogen and oxygen atoms in total. The minimum Gasteiger partial charge on any atom is -0.263 e. The molecule has 0 aliphatic rings. The lowest BCUT2D eigenvalue weighted by Crippen LogP contribution is -2.06. The van der Waals surface area contributed by atoms with Gasteiger partial charge in [-0.25, -0.2) is 0 Å². The topological polar surface area (TPSA) is 12.9 Å². The first-order valence-electron chi connectivity index (χ1n) is 4.92. The van der Waals surface area contributed by atoms with Crippen LogP contribution in [-0.4, -0.2) is 10.9 Å². The second-order valence-corrected chi connectivity index (χ2v) is 4.20. The number of halogens is 2. The van der Waals surface area contributed by atoms with Crippen molar-refractivity contribution < 1.29 is 0 Å². The Bertz CT molecular complexity index is 276. The third kappa shape index (κ3) is 3.47. The first kappa shape index (κ1) is 11.8. The zero-order chi connectivity index (χ0) is 10.4. The molecule has 0 spiro atoms. The van der Waals surface area contributed by atoms with E-state index in [0.717, 1.165) is 23.4 Å². The van der Waals surface area contributed by atoms with Crippen LogP contribution in [0.4, 0.5) is 0 Å². The molecule has 0 bridgehead atoms. The molecule has 0 saturated heterocycles. The Morgan fingerprint density at radius 3 is 2.86 bits per heavy atom. The normalized spacial score (nSPS) is 12.8. The molecular formula is C11H15Cl2N. The van der Waals surface area contributed by atoms with E-state index in [1.54, 1.807) is 12.4 Å². The number of alkyl halides is 1. The summed E-state index contributed by atoms with van der Waals surface area (Å²) in [6.45, 7) is 2.17. The molecule has 0 aromatic carbocycles. The van der Waals surface area contributed by atoms with E-state index < -0.39 is 0 Å². The van der Waals surface area contributed by atoms with Gasteiger partial charge in [-0.1, -0.05) is 24.9 Å². The van der Waals surface area contributed by atoms with Crippen molar-refractivity contribution in [3.63, 3.8) is 0 Å². The molecule has 1 atom stereocenters. The van der Waals surface area contributed by atoms with Gasteiger partial charge in [0, 0.05) is 18.3 Å². The molecule has 1 unspecified atom stereocenters. The maximum absolute atomic E-state index is 6.02. The highest BCUT2D eigenvalue weighted by Gasteiger charge is 2.09. The summed E-state index contributed by atoms with van der Waals surface area (Å²) < 4.78 is 0. The van der Waals surface area contributed by atoms with E-state index in [1.807, 2.05) is 6.07 Å². The van der Waals surface area contributed by atoms with Crippen LogP contribution >= 0.6 is 23.2 Å². The first-order valence-corrected chi connectivity index (χ1v) is 5.83. The van der Waals surface area contributed by atoms with Gasteiger partial charge in [0.15, 0.2) is 0 Å². The van der Waals surface area contributed by atoms with Gasteiger partial charge in [0.2, 0.25) is 0 Å². The lowest BCUT2D eigenvalue weighted by atomic mass is 9.97. The van der Waals surface area contributed by atoms with Gasteiger partial charge in [0.05, 0.1) is 5.02 Å². The average Bonchev–Trinajstić information content (AvgIpc) is 2.20. The molecule has 0 N–H and O–H groups in total. The van der Waals surface area contributed by atoms with Crippen molar-refractivity contribution in [1.82, 2.24) is 4.98 Å². The summed E-state index contributed by atoms with van der Waals surface area (Å²) in [6.07, 6.45) is 6.74. The summed E-state index contributed by atoms with van der Waals surface area (Å²) in [5.74, 6) is 1.23. The van der Waals surface area contributed by atoms with Crippen molar-refractivity contribution in [2.75, 3.05) is 5.88 Å². The van der Waals surface area contributed by atoms with Crippen molar-refractivity contribution in [2.45, 2.75) is 26.2 Å². The Kier molecular flexibility index (Phi) is 5.28. The third-order valence-electron chi connectivity index (χ3n) is 2.28. The Balaban J connectivity index is 2.62. The highest BCUT2D eigenvalue weighted by atomic mass is 35.5. The van der Waals surface area contributed by atoms with E-state index in [1.165, 1.54) is 6.42 Å². The number of hydrogen-bond acceptors (Lipinski definition) is 1.